The molecule has 0 saturated carbocycles. The van der Waals surface area contributed by atoms with Gasteiger partial charge in [-0.15, -0.1) is 0 Å². The van der Waals surface area contributed by atoms with Crippen LogP contribution in [-0.4, -0.2) is 42.9 Å². The minimum atomic E-state index is 0. The van der Waals surface area contributed by atoms with Crippen molar-refractivity contribution in [1.82, 2.24) is 0 Å². The van der Waals surface area contributed by atoms with Crippen LogP contribution in [0, 0.1) is 5.31 Å². The molecule has 0 aromatic heterocycles. The minimum absolute atomic E-state index is 0. The maximum absolute atomic E-state index is 6.01. The Hall–Kier alpha value is 2.16. The molecule has 1 rings (SSSR count). The summed E-state index contributed by atoms with van der Waals surface area (Å²) in [4.78, 5) is 3.20. The van der Waals surface area contributed by atoms with Crippen molar-refractivity contribution in [3.8, 4) is 0 Å². The fourth-order valence-corrected chi connectivity index (χ4v) is 7.13. The predicted molar refractivity (Wildman–Crippen MR) is 87.5 cm³/mol. The summed E-state index contributed by atoms with van der Waals surface area (Å²) in [6.07, 6.45) is 0. The fraction of sp³-hybridized carbons (Fsp3) is 1.00. The second-order valence-corrected chi connectivity index (χ2v) is 8.11. The van der Waals surface area contributed by atoms with E-state index in [9.17, 15) is 0 Å². The average Bonchev–Trinajstić information content (AvgIpc) is 2.29. The van der Waals surface area contributed by atoms with Gasteiger partial charge in [0.25, 0.3) is 0 Å². The summed E-state index contributed by atoms with van der Waals surface area (Å²) < 4.78 is 6.01. The van der Waals surface area contributed by atoms with Crippen LogP contribution in [0.1, 0.15) is 7.43 Å². The number of nitrogens with one attached hydrogen (secondary N) is 1. The van der Waals surface area contributed by atoms with E-state index in [4.69, 9.17) is 1.41 Å². The molecule has 1 aliphatic heterocycles. The zero-order valence-electron chi connectivity index (χ0n) is 8.10. The van der Waals surface area contributed by atoms with Crippen molar-refractivity contribution in [2.45, 2.75) is 17.1 Å². The molecule has 1 nitrogen and oxygen atoms in total. The molecular formula is C7H17BINS3Se. The summed E-state index contributed by atoms with van der Waals surface area (Å²) in [5.74, 6) is 4.84. The van der Waals surface area contributed by atoms with Crippen molar-refractivity contribution in [2.75, 3.05) is 23.0 Å². The van der Waals surface area contributed by atoms with E-state index in [0.717, 1.165) is 36.1 Å². The molecule has 14 heavy (non-hydrogen) atoms. The SMILES string of the molecule is C.SCC1CSCC(CS)[Se]1.[2H]N=BI. The number of hydrogen-bond acceptors (Lipinski definition) is 4. The third-order valence-corrected chi connectivity index (χ3v) is 8.63. The second kappa shape index (κ2) is 13.2. The van der Waals surface area contributed by atoms with Crippen LogP contribution in [0.4, 0.5) is 0 Å². The molecule has 1 aliphatic rings. The van der Waals surface area contributed by atoms with Gasteiger partial charge < -0.3 is 0 Å². The van der Waals surface area contributed by atoms with Gasteiger partial charge in [0.15, 0.2) is 0 Å². The van der Waals surface area contributed by atoms with Gasteiger partial charge in [-0.2, -0.15) is 0 Å². The topological polar surface area (TPSA) is 23.9 Å². The summed E-state index contributed by atoms with van der Waals surface area (Å²) >= 11 is 13.4. The monoisotopic (exact) mass is 430 g/mol. The van der Waals surface area contributed by atoms with E-state index >= 15 is 0 Å². The van der Waals surface area contributed by atoms with E-state index in [1.807, 2.05) is 22.4 Å². The van der Waals surface area contributed by atoms with Crippen LogP contribution in [-0.2, 0) is 0 Å². The van der Waals surface area contributed by atoms with Crippen LogP contribution in [0.25, 0.3) is 0 Å². The van der Waals surface area contributed by atoms with Crippen LogP contribution < -0.4 is 0 Å². The van der Waals surface area contributed by atoms with Crippen LogP contribution in [0.3, 0.4) is 0 Å². The molecule has 0 amide bonds. The van der Waals surface area contributed by atoms with Crippen molar-refractivity contribution in [2.24, 2.45) is 0 Å². The molecule has 1 heterocycles. The first-order valence-corrected chi connectivity index (χ1v) is 9.43. The molecular weight excluding hydrogens is 411 g/mol. The molecule has 0 aromatic rings. The Bertz CT molecular complexity index is 155. The van der Waals surface area contributed by atoms with Gasteiger partial charge in [0.1, 0.15) is 0 Å². The van der Waals surface area contributed by atoms with Gasteiger partial charge in [-0.1, -0.05) is 7.43 Å². The number of thioether (sulfide) groups is 1. The zero-order chi connectivity index (χ0) is 10.8. The Labute approximate surface area is 125 Å². The van der Waals surface area contributed by atoms with Crippen molar-refractivity contribution < 1.29 is 1.41 Å². The van der Waals surface area contributed by atoms with Crippen molar-refractivity contribution in [3.63, 3.8) is 0 Å². The molecule has 1 saturated heterocycles. The first-order valence-electron chi connectivity index (χ1n) is 4.24. The van der Waals surface area contributed by atoms with Crippen molar-refractivity contribution in [1.29, 1.82) is 5.31 Å². The van der Waals surface area contributed by atoms with Gasteiger partial charge in [-0.05, 0) is 0 Å². The average molecular weight is 429 g/mol. The first-order chi connectivity index (χ1) is 6.78. The normalized spacial score (nSPS) is 26.6. The summed E-state index contributed by atoms with van der Waals surface area (Å²) in [6.45, 7) is 0. The fourth-order valence-electron chi connectivity index (χ4n) is 0.873. The second-order valence-electron chi connectivity index (χ2n) is 2.38. The van der Waals surface area contributed by atoms with Gasteiger partial charge in [-0.25, -0.2) is 0 Å². The van der Waals surface area contributed by atoms with E-state index in [2.05, 4.69) is 42.3 Å². The first kappa shape index (κ1) is 16.2. The van der Waals surface area contributed by atoms with E-state index < -0.39 is 0 Å². The van der Waals surface area contributed by atoms with E-state index in [0.29, 0.717) is 0 Å². The quantitative estimate of drug-likeness (QED) is 0.351. The van der Waals surface area contributed by atoms with Crippen LogP contribution in [0.2, 0.25) is 11.0 Å². The molecule has 2 unspecified atom stereocenters. The maximum atomic E-state index is 6.01. The number of halogens is 1. The molecule has 0 spiro atoms. The number of thiol groups is 2. The van der Waals surface area contributed by atoms with Gasteiger partial charge in [0, 0.05) is 0 Å². The molecule has 0 radical (unpaired) electrons. The zero-order valence-corrected chi connectivity index (χ0v) is 13.6. The van der Waals surface area contributed by atoms with Crippen molar-refractivity contribution in [3.05, 3.63) is 0 Å². The Balaban J connectivity index is 0. The van der Waals surface area contributed by atoms with Crippen LogP contribution >= 0.6 is 59.4 Å². The Morgan fingerprint density at radius 1 is 1.50 bits per heavy atom. The number of hydrogen-bond donors (Lipinski definition) is 3. The summed E-state index contributed by atoms with van der Waals surface area (Å²) in [5.41, 5.74) is 0. The third kappa shape index (κ3) is 9.39. The molecule has 0 aliphatic carbocycles. The van der Waals surface area contributed by atoms with Crippen LogP contribution in [0.5, 0.6) is 0 Å². The summed E-state index contributed by atoms with van der Waals surface area (Å²) in [7, 11) is 0. The van der Waals surface area contributed by atoms with Gasteiger partial charge in [0.2, 0.25) is 0 Å². The number of rotatable bonds is 2. The van der Waals surface area contributed by atoms with Gasteiger partial charge >= 0.3 is 119 Å². The molecule has 84 valence electrons. The molecule has 1 fully saturated rings. The third-order valence-electron chi connectivity index (χ3n) is 1.40. The van der Waals surface area contributed by atoms with Gasteiger partial charge in [0.05, 0.1) is 0 Å². The molecule has 0 aromatic carbocycles. The van der Waals surface area contributed by atoms with Crippen molar-refractivity contribution >= 4 is 79.3 Å². The molecule has 7 heteroatoms. The summed E-state index contributed by atoms with van der Waals surface area (Å²) in [6, 6.07) is 0. The van der Waals surface area contributed by atoms with E-state index in [1.54, 1.807) is 0 Å². The molecule has 0 bridgehead atoms. The predicted octanol–water partition coefficient (Wildman–Crippen LogP) is 3.31. The standard InChI is InChI=1S/C6H12S3Se.CH4.BHIN/c7-1-5-3-9-4-6(2-8)10-5;;2-1-3/h5-8H,1-4H2;1H4;3H/i;;3D. The van der Waals surface area contributed by atoms with E-state index in [1.165, 1.54) is 16.4 Å². The molecule has 1 N–H and O–H groups in total. The van der Waals surface area contributed by atoms with Gasteiger partial charge in [-0.3, -0.25) is 0 Å². The molecule has 2 atom stereocenters. The van der Waals surface area contributed by atoms with E-state index in [-0.39, 0.29) is 7.43 Å². The summed E-state index contributed by atoms with van der Waals surface area (Å²) in [5, 5.41) is 2.85. The Kier molecular flexibility index (Phi) is 15.3. The van der Waals surface area contributed by atoms with Crippen LogP contribution in [0.15, 0.2) is 0 Å². The Morgan fingerprint density at radius 3 is 2.21 bits per heavy atom. The Morgan fingerprint density at radius 2 is 1.93 bits per heavy atom.